The minimum absolute atomic E-state index is 0.307. The number of benzene rings is 1. The molecule has 2 nitrogen and oxygen atoms in total. The summed E-state index contributed by atoms with van der Waals surface area (Å²) in [4.78, 5) is 0. The predicted octanol–water partition coefficient (Wildman–Crippen LogP) is 4.69. The molecule has 0 aliphatic carbocycles. The molecule has 0 heterocycles. The van der Waals surface area contributed by atoms with Gasteiger partial charge in [0.2, 0.25) is 0 Å². The largest absolute Gasteiger partial charge is 0.508 e. The van der Waals surface area contributed by atoms with Crippen LogP contribution in [0.5, 0.6) is 11.5 Å². The fraction of sp³-hybridized carbons (Fsp3) is 0.625. The van der Waals surface area contributed by atoms with Gasteiger partial charge in [-0.05, 0) is 37.5 Å². The van der Waals surface area contributed by atoms with E-state index in [0.29, 0.717) is 12.4 Å². The van der Waals surface area contributed by atoms with Crippen molar-refractivity contribution < 1.29 is 9.84 Å². The molecule has 0 saturated heterocycles. The highest BCUT2D eigenvalue weighted by Gasteiger charge is 2.01. The van der Waals surface area contributed by atoms with Crippen LogP contribution < -0.4 is 4.74 Å². The Morgan fingerprint density at radius 2 is 1.67 bits per heavy atom. The normalized spacial score (nSPS) is 10.6. The summed E-state index contributed by atoms with van der Waals surface area (Å²) >= 11 is 0. The molecule has 0 saturated carbocycles. The lowest BCUT2D eigenvalue weighted by atomic mass is 10.0. The Kier molecular flexibility index (Phi) is 7.31. The zero-order valence-corrected chi connectivity index (χ0v) is 11.7. The summed E-state index contributed by atoms with van der Waals surface area (Å²) in [5, 5.41) is 9.61. The van der Waals surface area contributed by atoms with Gasteiger partial charge in [0.1, 0.15) is 11.5 Å². The molecular weight excluding hydrogens is 224 g/mol. The highest BCUT2D eigenvalue weighted by Crippen LogP contribution is 2.23. The van der Waals surface area contributed by atoms with Crippen LogP contribution in [0.1, 0.15) is 57.9 Å². The highest BCUT2D eigenvalue weighted by molar-refractivity contribution is 5.37. The molecule has 0 atom stereocenters. The van der Waals surface area contributed by atoms with Gasteiger partial charge in [-0.2, -0.15) is 0 Å². The molecular formula is C16H26O2. The number of ether oxygens (including phenoxy) is 1. The quantitative estimate of drug-likeness (QED) is 0.644. The van der Waals surface area contributed by atoms with Crippen molar-refractivity contribution in [2.75, 3.05) is 6.61 Å². The molecule has 2 heteroatoms. The second-order valence-corrected chi connectivity index (χ2v) is 4.79. The van der Waals surface area contributed by atoms with Gasteiger partial charge in [0.05, 0.1) is 6.61 Å². The Balaban J connectivity index is 2.32. The van der Waals surface area contributed by atoms with Gasteiger partial charge < -0.3 is 9.84 Å². The first-order valence-electron chi connectivity index (χ1n) is 7.22. The molecule has 0 fully saturated rings. The Bertz CT molecular complexity index is 334. The summed E-state index contributed by atoms with van der Waals surface area (Å²) in [6.07, 6.45) is 8.82. The molecule has 102 valence electrons. The predicted molar refractivity (Wildman–Crippen MR) is 76.4 cm³/mol. The van der Waals surface area contributed by atoms with E-state index in [1.165, 1.54) is 44.1 Å². The van der Waals surface area contributed by atoms with Crippen LogP contribution in [0.15, 0.2) is 18.2 Å². The first kappa shape index (κ1) is 14.9. The van der Waals surface area contributed by atoms with E-state index in [2.05, 4.69) is 6.92 Å². The lowest BCUT2D eigenvalue weighted by Crippen LogP contribution is -1.93. The van der Waals surface area contributed by atoms with Gasteiger partial charge in [-0.25, -0.2) is 0 Å². The van der Waals surface area contributed by atoms with Crippen LogP contribution in [0.2, 0.25) is 0 Å². The van der Waals surface area contributed by atoms with Crippen LogP contribution in [-0.4, -0.2) is 11.7 Å². The Hall–Kier alpha value is -1.18. The number of unbranched alkanes of at least 4 members (excludes halogenated alkanes) is 5. The van der Waals surface area contributed by atoms with E-state index in [1.807, 2.05) is 19.1 Å². The van der Waals surface area contributed by atoms with Crippen LogP contribution in [0.25, 0.3) is 0 Å². The van der Waals surface area contributed by atoms with E-state index >= 15 is 0 Å². The zero-order valence-electron chi connectivity index (χ0n) is 11.7. The van der Waals surface area contributed by atoms with Gasteiger partial charge in [-0.15, -0.1) is 0 Å². The smallest absolute Gasteiger partial charge is 0.123 e. The van der Waals surface area contributed by atoms with Crippen molar-refractivity contribution in [2.45, 2.75) is 58.8 Å². The van der Waals surface area contributed by atoms with Gasteiger partial charge in [-0.1, -0.05) is 39.0 Å². The molecule has 1 aromatic carbocycles. The van der Waals surface area contributed by atoms with Crippen molar-refractivity contribution in [3.05, 3.63) is 23.8 Å². The highest BCUT2D eigenvalue weighted by atomic mass is 16.5. The number of aryl methyl sites for hydroxylation is 1. The van der Waals surface area contributed by atoms with Crippen molar-refractivity contribution >= 4 is 0 Å². The summed E-state index contributed by atoms with van der Waals surface area (Å²) in [7, 11) is 0. The fourth-order valence-corrected chi connectivity index (χ4v) is 2.15. The van der Waals surface area contributed by atoms with Crippen molar-refractivity contribution in [3.63, 3.8) is 0 Å². The summed E-state index contributed by atoms with van der Waals surface area (Å²) in [5.41, 5.74) is 1.17. The number of aromatic hydroxyl groups is 1. The van der Waals surface area contributed by atoms with Crippen molar-refractivity contribution in [1.29, 1.82) is 0 Å². The van der Waals surface area contributed by atoms with Gasteiger partial charge in [0, 0.05) is 6.07 Å². The average molecular weight is 250 g/mol. The molecule has 0 amide bonds. The minimum atomic E-state index is 0.307. The maximum atomic E-state index is 9.61. The third kappa shape index (κ3) is 5.95. The van der Waals surface area contributed by atoms with Gasteiger partial charge in [-0.3, -0.25) is 0 Å². The number of hydrogen-bond donors (Lipinski definition) is 1. The number of rotatable bonds is 9. The summed E-state index contributed by atoms with van der Waals surface area (Å²) in [6.45, 7) is 4.83. The third-order valence-corrected chi connectivity index (χ3v) is 3.08. The van der Waals surface area contributed by atoms with Gasteiger partial charge in [0.15, 0.2) is 0 Å². The summed E-state index contributed by atoms with van der Waals surface area (Å²) in [5.74, 6) is 1.08. The molecule has 0 spiro atoms. The summed E-state index contributed by atoms with van der Waals surface area (Å²) in [6, 6.07) is 5.55. The molecule has 0 aromatic heterocycles. The topological polar surface area (TPSA) is 29.5 Å². The molecule has 0 aliphatic heterocycles. The van der Waals surface area contributed by atoms with E-state index in [4.69, 9.17) is 4.74 Å². The monoisotopic (exact) mass is 250 g/mol. The molecule has 18 heavy (non-hydrogen) atoms. The van der Waals surface area contributed by atoms with Crippen molar-refractivity contribution in [3.8, 4) is 11.5 Å². The second kappa shape index (κ2) is 8.84. The first-order valence-corrected chi connectivity index (χ1v) is 7.22. The molecule has 1 N–H and O–H groups in total. The molecule has 1 rings (SSSR count). The van der Waals surface area contributed by atoms with Gasteiger partial charge in [0.25, 0.3) is 0 Å². The first-order chi connectivity index (χ1) is 8.76. The Labute approximate surface area is 111 Å². The molecule has 1 aromatic rings. The summed E-state index contributed by atoms with van der Waals surface area (Å²) < 4.78 is 5.43. The van der Waals surface area contributed by atoms with Crippen LogP contribution in [0.4, 0.5) is 0 Å². The van der Waals surface area contributed by atoms with E-state index in [-0.39, 0.29) is 0 Å². The van der Waals surface area contributed by atoms with E-state index in [1.54, 1.807) is 6.07 Å². The lowest BCUT2D eigenvalue weighted by molar-refractivity contribution is 0.337. The van der Waals surface area contributed by atoms with Crippen LogP contribution >= 0.6 is 0 Å². The molecule has 0 radical (unpaired) electrons. The van der Waals surface area contributed by atoms with Gasteiger partial charge >= 0.3 is 0 Å². The number of phenols is 1. The van der Waals surface area contributed by atoms with Crippen molar-refractivity contribution in [1.82, 2.24) is 0 Å². The Morgan fingerprint density at radius 3 is 2.39 bits per heavy atom. The van der Waals surface area contributed by atoms with Crippen LogP contribution in [-0.2, 0) is 6.42 Å². The SMILES string of the molecule is CCCCCCCCc1cc(O)cc(OCC)c1. The van der Waals surface area contributed by atoms with Crippen LogP contribution in [0.3, 0.4) is 0 Å². The van der Waals surface area contributed by atoms with E-state index in [9.17, 15) is 5.11 Å². The zero-order chi connectivity index (χ0) is 13.2. The maximum absolute atomic E-state index is 9.61. The molecule has 0 aliphatic rings. The maximum Gasteiger partial charge on any atom is 0.123 e. The Morgan fingerprint density at radius 1 is 0.944 bits per heavy atom. The number of phenolic OH excluding ortho intramolecular Hbond substituents is 1. The third-order valence-electron chi connectivity index (χ3n) is 3.08. The second-order valence-electron chi connectivity index (χ2n) is 4.79. The van der Waals surface area contributed by atoms with E-state index in [0.717, 1.165) is 12.2 Å². The fourth-order valence-electron chi connectivity index (χ4n) is 2.15. The van der Waals surface area contributed by atoms with Crippen LogP contribution in [0, 0.1) is 0 Å². The molecule has 0 bridgehead atoms. The van der Waals surface area contributed by atoms with Crippen molar-refractivity contribution in [2.24, 2.45) is 0 Å². The number of hydrogen-bond acceptors (Lipinski definition) is 2. The minimum Gasteiger partial charge on any atom is -0.508 e. The van der Waals surface area contributed by atoms with E-state index < -0.39 is 0 Å². The lowest BCUT2D eigenvalue weighted by Gasteiger charge is -2.07. The molecule has 0 unspecified atom stereocenters. The standard InChI is InChI=1S/C16H26O2/c1-3-5-6-7-8-9-10-14-11-15(17)13-16(12-14)18-4-2/h11-13,17H,3-10H2,1-2H3. The average Bonchev–Trinajstić information content (AvgIpc) is 2.33.